The number of hydrogen-bond acceptors (Lipinski definition) is 4. The van der Waals surface area contributed by atoms with Crippen molar-refractivity contribution < 1.29 is 9.94 Å². The summed E-state index contributed by atoms with van der Waals surface area (Å²) in [4.78, 5) is 6.54. The molecule has 0 saturated heterocycles. The second-order valence-electron chi connectivity index (χ2n) is 3.82. The van der Waals surface area contributed by atoms with E-state index in [1.54, 1.807) is 6.07 Å². The second kappa shape index (κ2) is 5.70. The van der Waals surface area contributed by atoms with Gasteiger partial charge in [-0.05, 0) is 32.1 Å². The first kappa shape index (κ1) is 12.0. The van der Waals surface area contributed by atoms with Crippen LogP contribution in [0.2, 0.25) is 0 Å². The van der Waals surface area contributed by atoms with Gasteiger partial charge in [0.05, 0.1) is 6.61 Å². The smallest absolute Gasteiger partial charge is 0.120 e. The molecule has 0 amide bonds. The van der Waals surface area contributed by atoms with Crippen molar-refractivity contribution in [2.45, 2.75) is 13.0 Å². The fourth-order valence-electron chi connectivity index (χ4n) is 1.44. The number of nitrogens with two attached hydrogens (primary N) is 1. The lowest BCUT2D eigenvalue weighted by Gasteiger charge is -2.12. The fourth-order valence-corrected chi connectivity index (χ4v) is 1.44. The Hall–Kier alpha value is -1.10. The molecule has 0 radical (unpaired) electrons. The van der Waals surface area contributed by atoms with Crippen molar-refractivity contribution in [2.24, 2.45) is 5.90 Å². The van der Waals surface area contributed by atoms with Crippen molar-refractivity contribution in [3.8, 4) is 5.75 Å². The standard InChI is InChI=1S/C11H18N2O2/c1-13(2)8-10-7-9(5-6-15-12)3-4-11(10)14/h3-4,7,14H,5-6,8,12H2,1-2H3. The average molecular weight is 210 g/mol. The van der Waals surface area contributed by atoms with E-state index in [2.05, 4.69) is 4.84 Å². The van der Waals surface area contributed by atoms with Gasteiger partial charge in [0.2, 0.25) is 0 Å². The zero-order chi connectivity index (χ0) is 11.3. The minimum atomic E-state index is 0.334. The number of benzene rings is 1. The van der Waals surface area contributed by atoms with Crippen LogP contribution in [0.5, 0.6) is 5.75 Å². The third-order valence-electron chi connectivity index (χ3n) is 2.14. The lowest BCUT2D eigenvalue weighted by Crippen LogP contribution is -2.11. The number of hydrogen-bond donors (Lipinski definition) is 2. The summed E-state index contributed by atoms with van der Waals surface area (Å²) in [6, 6.07) is 5.58. The van der Waals surface area contributed by atoms with E-state index in [0.29, 0.717) is 12.4 Å². The highest BCUT2D eigenvalue weighted by Gasteiger charge is 2.04. The fraction of sp³-hybridized carbons (Fsp3) is 0.455. The molecule has 0 bridgehead atoms. The molecule has 1 aromatic carbocycles. The van der Waals surface area contributed by atoms with Gasteiger partial charge in [-0.3, -0.25) is 0 Å². The molecule has 1 aromatic rings. The Kier molecular flexibility index (Phi) is 4.55. The van der Waals surface area contributed by atoms with Crippen LogP contribution in [0.15, 0.2) is 18.2 Å². The van der Waals surface area contributed by atoms with Crippen LogP contribution in [0, 0.1) is 0 Å². The van der Waals surface area contributed by atoms with Crippen molar-refractivity contribution in [1.82, 2.24) is 4.90 Å². The van der Waals surface area contributed by atoms with Crippen molar-refractivity contribution >= 4 is 0 Å². The van der Waals surface area contributed by atoms with Gasteiger partial charge in [-0.2, -0.15) is 0 Å². The largest absolute Gasteiger partial charge is 0.508 e. The Morgan fingerprint density at radius 3 is 2.73 bits per heavy atom. The first-order chi connectivity index (χ1) is 7.13. The van der Waals surface area contributed by atoms with Crippen molar-refractivity contribution in [1.29, 1.82) is 0 Å². The summed E-state index contributed by atoms with van der Waals surface area (Å²) in [6.45, 7) is 1.22. The number of phenolic OH excluding ortho intramolecular Hbond substituents is 1. The van der Waals surface area contributed by atoms with Crippen molar-refractivity contribution in [3.05, 3.63) is 29.3 Å². The predicted molar refractivity (Wildman–Crippen MR) is 59.3 cm³/mol. The molecule has 0 atom stereocenters. The third-order valence-corrected chi connectivity index (χ3v) is 2.14. The van der Waals surface area contributed by atoms with Gasteiger partial charge in [0.15, 0.2) is 0 Å². The summed E-state index contributed by atoms with van der Waals surface area (Å²) in [7, 11) is 3.93. The van der Waals surface area contributed by atoms with Crippen LogP contribution < -0.4 is 5.90 Å². The van der Waals surface area contributed by atoms with Crippen LogP contribution in [0.25, 0.3) is 0 Å². The molecule has 0 heterocycles. The van der Waals surface area contributed by atoms with Crippen LogP contribution >= 0.6 is 0 Å². The summed E-state index contributed by atoms with van der Waals surface area (Å²) >= 11 is 0. The molecule has 0 aliphatic heterocycles. The Morgan fingerprint density at radius 2 is 2.13 bits per heavy atom. The average Bonchev–Trinajstić information content (AvgIpc) is 2.18. The summed E-state index contributed by atoms with van der Waals surface area (Å²) in [5.74, 6) is 5.30. The summed E-state index contributed by atoms with van der Waals surface area (Å²) < 4.78 is 0. The van der Waals surface area contributed by atoms with Crippen LogP contribution in [0.3, 0.4) is 0 Å². The highest BCUT2D eigenvalue weighted by molar-refractivity contribution is 5.36. The van der Waals surface area contributed by atoms with Crippen LogP contribution in [-0.4, -0.2) is 30.7 Å². The molecular weight excluding hydrogens is 192 g/mol. The molecule has 4 nitrogen and oxygen atoms in total. The summed E-state index contributed by atoms with van der Waals surface area (Å²) in [6.07, 6.45) is 0.761. The van der Waals surface area contributed by atoms with Gasteiger partial charge in [-0.1, -0.05) is 12.1 Å². The second-order valence-corrected chi connectivity index (χ2v) is 3.82. The predicted octanol–water partition coefficient (Wildman–Crippen LogP) is 0.887. The Morgan fingerprint density at radius 1 is 1.40 bits per heavy atom. The van der Waals surface area contributed by atoms with Gasteiger partial charge in [-0.15, -0.1) is 0 Å². The molecule has 84 valence electrons. The zero-order valence-corrected chi connectivity index (χ0v) is 9.23. The van der Waals surface area contributed by atoms with Gasteiger partial charge in [0, 0.05) is 12.1 Å². The molecular formula is C11H18N2O2. The van der Waals surface area contributed by atoms with Crippen LogP contribution in [0.4, 0.5) is 0 Å². The Labute approximate surface area is 90.2 Å². The number of phenols is 1. The van der Waals surface area contributed by atoms with Gasteiger partial charge in [-0.25, -0.2) is 5.90 Å². The van der Waals surface area contributed by atoms with Crippen molar-refractivity contribution in [3.63, 3.8) is 0 Å². The molecule has 0 spiro atoms. The van der Waals surface area contributed by atoms with Crippen LogP contribution in [-0.2, 0) is 17.8 Å². The minimum Gasteiger partial charge on any atom is -0.508 e. The first-order valence-electron chi connectivity index (χ1n) is 4.90. The van der Waals surface area contributed by atoms with Gasteiger partial charge in [0.25, 0.3) is 0 Å². The van der Waals surface area contributed by atoms with Gasteiger partial charge >= 0.3 is 0 Å². The molecule has 0 aliphatic carbocycles. The highest BCUT2D eigenvalue weighted by atomic mass is 16.6. The lowest BCUT2D eigenvalue weighted by molar-refractivity contribution is 0.141. The minimum absolute atomic E-state index is 0.334. The SMILES string of the molecule is CN(C)Cc1cc(CCON)ccc1O. The maximum absolute atomic E-state index is 9.63. The van der Waals surface area contributed by atoms with E-state index in [0.717, 1.165) is 24.1 Å². The molecule has 0 fully saturated rings. The topological polar surface area (TPSA) is 58.7 Å². The lowest BCUT2D eigenvalue weighted by atomic mass is 10.1. The van der Waals surface area contributed by atoms with E-state index >= 15 is 0 Å². The number of nitrogens with zero attached hydrogens (tertiary/aromatic N) is 1. The molecule has 3 N–H and O–H groups in total. The monoisotopic (exact) mass is 210 g/mol. The van der Waals surface area contributed by atoms with E-state index in [9.17, 15) is 5.11 Å². The zero-order valence-electron chi connectivity index (χ0n) is 9.23. The van der Waals surface area contributed by atoms with Crippen molar-refractivity contribution in [2.75, 3.05) is 20.7 Å². The molecule has 0 saturated carbocycles. The number of aromatic hydroxyl groups is 1. The molecule has 15 heavy (non-hydrogen) atoms. The summed E-state index contributed by atoms with van der Waals surface area (Å²) in [5, 5.41) is 9.63. The van der Waals surface area contributed by atoms with Gasteiger partial charge < -0.3 is 14.8 Å². The van der Waals surface area contributed by atoms with E-state index in [1.807, 2.05) is 31.1 Å². The third kappa shape index (κ3) is 3.87. The maximum atomic E-state index is 9.63. The maximum Gasteiger partial charge on any atom is 0.120 e. The molecule has 0 aliphatic rings. The van der Waals surface area contributed by atoms with E-state index < -0.39 is 0 Å². The van der Waals surface area contributed by atoms with E-state index in [-0.39, 0.29) is 0 Å². The molecule has 0 unspecified atom stereocenters. The number of rotatable bonds is 5. The first-order valence-corrected chi connectivity index (χ1v) is 4.90. The Balaban J connectivity index is 2.75. The highest BCUT2D eigenvalue weighted by Crippen LogP contribution is 2.19. The normalized spacial score (nSPS) is 10.9. The molecule has 0 aromatic heterocycles. The van der Waals surface area contributed by atoms with Crippen LogP contribution in [0.1, 0.15) is 11.1 Å². The van der Waals surface area contributed by atoms with Gasteiger partial charge in [0.1, 0.15) is 5.75 Å². The summed E-state index contributed by atoms with van der Waals surface area (Å²) in [5.41, 5.74) is 2.05. The quantitative estimate of drug-likeness (QED) is 0.708. The van der Waals surface area contributed by atoms with E-state index in [4.69, 9.17) is 5.90 Å². The molecule has 1 rings (SSSR count). The molecule has 4 heteroatoms. The van der Waals surface area contributed by atoms with E-state index in [1.165, 1.54) is 0 Å². The Bertz CT molecular complexity index is 313.